The van der Waals surface area contributed by atoms with Crippen LogP contribution in [0.25, 0.3) is 0 Å². The van der Waals surface area contributed by atoms with Gasteiger partial charge in [-0.1, -0.05) is 49.7 Å². The molecule has 0 aliphatic heterocycles. The van der Waals surface area contributed by atoms with E-state index in [1.54, 1.807) is 24.3 Å². The van der Waals surface area contributed by atoms with E-state index in [1.165, 1.54) is 12.1 Å². The van der Waals surface area contributed by atoms with Crippen LogP contribution in [0.2, 0.25) is 0 Å². The lowest BCUT2D eigenvalue weighted by Gasteiger charge is -2.39. The van der Waals surface area contributed by atoms with Crippen LogP contribution in [-0.4, -0.2) is 17.6 Å². The molecule has 2 aliphatic carbocycles. The van der Waals surface area contributed by atoms with Gasteiger partial charge in [-0.15, -0.1) is 0 Å². The van der Waals surface area contributed by atoms with Crippen molar-refractivity contribution in [3.05, 3.63) is 65.2 Å². The minimum Gasteiger partial charge on any atom is -0.326 e. The minimum absolute atomic E-state index is 0.0924. The molecule has 2 bridgehead atoms. The van der Waals surface area contributed by atoms with E-state index < -0.39 is 34.0 Å². The van der Waals surface area contributed by atoms with E-state index in [4.69, 9.17) is 4.84 Å². The number of nitrogens with one attached hydrogen (secondary N) is 1. The summed E-state index contributed by atoms with van der Waals surface area (Å²) in [7, 11) is 0. The van der Waals surface area contributed by atoms with Crippen LogP contribution in [0.4, 0.5) is 18.9 Å². The quantitative estimate of drug-likeness (QED) is 0.415. The summed E-state index contributed by atoms with van der Waals surface area (Å²) in [6, 6.07) is 11.5. The molecule has 1 amide bonds. The molecule has 34 heavy (non-hydrogen) atoms. The number of oxime groups is 1. The lowest BCUT2D eigenvalue weighted by molar-refractivity contribution is -0.137. The van der Waals surface area contributed by atoms with Crippen molar-refractivity contribution in [3.63, 3.8) is 0 Å². The van der Waals surface area contributed by atoms with E-state index in [0.717, 1.165) is 17.7 Å². The molecule has 2 unspecified atom stereocenters. The van der Waals surface area contributed by atoms with Crippen molar-refractivity contribution in [2.24, 2.45) is 21.4 Å². The molecule has 0 radical (unpaired) electrons. The van der Waals surface area contributed by atoms with Gasteiger partial charge in [0.25, 0.3) is 0 Å². The summed E-state index contributed by atoms with van der Waals surface area (Å²) in [5.41, 5.74) is -0.663. The van der Waals surface area contributed by atoms with Crippen LogP contribution in [0.3, 0.4) is 0 Å². The molecule has 2 saturated carbocycles. The first kappa shape index (κ1) is 24.0. The molecule has 8 heteroatoms. The Bertz CT molecular complexity index is 1170. The third-order valence-electron chi connectivity index (χ3n) is 8.14. The van der Waals surface area contributed by atoms with Gasteiger partial charge in [-0.2, -0.15) is 13.2 Å². The number of aryl methyl sites for hydroxylation is 1. The number of nitrogens with zero attached hydrogens (tertiary/aromatic N) is 1. The molecule has 0 spiro atoms. The van der Waals surface area contributed by atoms with Crippen LogP contribution in [0.5, 0.6) is 0 Å². The number of anilines is 1. The van der Waals surface area contributed by atoms with Crippen molar-refractivity contribution in [3.8, 4) is 0 Å². The number of carbonyl (C=O) groups is 2. The standard InChI is InChI=1S/C26H27F3N2O3/c1-16-8-10-17(11-9-16)21(32)34-31-20-15-25(13-12-24(20,4)23(25,2)3)22(33)30-19-7-5-6-18(14-19)26(27,28)29/h5-11,14H,12-13,15H2,1-4H3,(H,30,33). The Morgan fingerprint density at radius 1 is 1.03 bits per heavy atom. The maximum Gasteiger partial charge on any atom is 0.416 e. The van der Waals surface area contributed by atoms with Crippen LogP contribution in [0, 0.1) is 23.2 Å². The Hall–Kier alpha value is -3.16. The van der Waals surface area contributed by atoms with Gasteiger partial charge in [0, 0.05) is 17.5 Å². The number of alkyl halides is 3. The average Bonchev–Trinajstić information content (AvgIpc) is 3.08. The molecule has 2 atom stereocenters. The van der Waals surface area contributed by atoms with Crippen LogP contribution < -0.4 is 5.32 Å². The van der Waals surface area contributed by atoms with Crippen molar-refractivity contribution in [1.82, 2.24) is 0 Å². The van der Waals surface area contributed by atoms with Crippen molar-refractivity contribution in [2.45, 2.75) is 53.1 Å². The molecule has 2 aliphatic rings. The molecule has 180 valence electrons. The highest BCUT2D eigenvalue weighted by molar-refractivity contribution is 6.06. The topological polar surface area (TPSA) is 67.8 Å². The summed E-state index contributed by atoms with van der Waals surface area (Å²) in [5, 5.41) is 6.89. The number of carbonyl (C=O) groups excluding carboxylic acids is 2. The van der Waals surface area contributed by atoms with Crippen LogP contribution in [-0.2, 0) is 15.8 Å². The van der Waals surface area contributed by atoms with E-state index in [1.807, 2.05) is 27.7 Å². The highest BCUT2D eigenvalue weighted by atomic mass is 19.4. The number of amides is 1. The molecular formula is C26H27F3N2O3. The third-order valence-corrected chi connectivity index (χ3v) is 8.14. The van der Waals surface area contributed by atoms with Crippen LogP contribution in [0.1, 0.15) is 61.5 Å². The molecule has 2 aromatic carbocycles. The van der Waals surface area contributed by atoms with Crippen LogP contribution >= 0.6 is 0 Å². The molecule has 1 N–H and O–H groups in total. The van der Waals surface area contributed by atoms with Gasteiger partial charge in [-0.25, -0.2) is 4.79 Å². The van der Waals surface area contributed by atoms with E-state index in [-0.39, 0.29) is 18.0 Å². The summed E-state index contributed by atoms with van der Waals surface area (Å²) in [4.78, 5) is 31.2. The second-order valence-electron chi connectivity index (χ2n) is 10.0. The largest absolute Gasteiger partial charge is 0.416 e. The maximum absolute atomic E-state index is 13.5. The summed E-state index contributed by atoms with van der Waals surface area (Å²) in [6.45, 7) is 7.85. The Balaban J connectivity index is 1.58. The first-order valence-corrected chi connectivity index (χ1v) is 11.1. The summed E-state index contributed by atoms with van der Waals surface area (Å²) in [5.74, 6) is -0.935. The maximum atomic E-state index is 13.5. The molecule has 0 saturated heterocycles. The van der Waals surface area contributed by atoms with E-state index in [0.29, 0.717) is 24.1 Å². The summed E-state index contributed by atoms with van der Waals surface area (Å²) >= 11 is 0. The lowest BCUT2D eigenvalue weighted by atomic mass is 9.64. The number of halogens is 3. The second-order valence-corrected chi connectivity index (χ2v) is 10.0. The summed E-state index contributed by atoms with van der Waals surface area (Å²) in [6.07, 6.45) is -3.02. The fraction of sp³-hybridized carbons (Fsp3) is 0.423. The Morgan fingerprint density at radius 2 is 1.71 bits per heavy atom. The van der Waals surface area contributed by atoms with Crippen LogP contribution in [0.15, 0.2) is 53.7 Å². The lowest BCUT2D eigenvalue weighted by Crippen LogP contribution is -2.43. The molecule has 0 heterocycles. The Kier molecular flexibility index (Phi) is 5.61. The smallest absolute Gasteiger partial charge is 0.326 e. The van der Waals surface area contributed by atoms with Gasteiger partial charge < -0.3 is 10.2 Å². The zero-order valence-corrected chi connectivity index (χ0v) is 19.5. The summed E-state index contributed by atoms with van der Waals surface area (Å²) < 4.78 is 39.3. The normalized spacial score (nSPS) is 26.5. The second kappa shape index (κ2) is 7.96. The van der Waals surface area contributed by atoms with E-state index in [9.17, 15) is 22.8 Å². The first-order valence-electron chi connectivity index (χ1n) is 11.1. The van der Waals surface area contributed by atoms with Gasteiger partial charge in [-0.05, 0) is 55.5 Å². The third kappa shape index (κ3) is 3.69. The zero-order valence-electron chi connectivity index (χ0n) is 19.5. The predicted octanol–water partition coefficient (Wildman–Crippen LogP) is 6.38. The van der Waals surface area contributed by atoms with Crippen molar-refractivity contribution < 1.29 is 27.6 Å². The van der Waals surface area contributed by atoms with Crippen molar-refractivity contribution >= 4 is 23.3 Å². The van der Waals surface area contributed by atoms with Gasteiger partial charge in [-0.3, -0.25) is 4.79 Å². The molecule has 4 rings (SSSR count). The Morgan fingerprint density at radius 3 is 2.35 bits per heavy atom. The van der Waals surface area contributed by atoms with Gasteiger partial charge in [0.15, 0.2) is 0 Å². The van der Waals surface area contributed by atoms with E-state index >= 15 is 0 Å². The fourth-order valence-corrected chi connectivity index (χ4v) is 5.39. The highest BCUT2D eigenvalue weighted by Gasteiger charge is 2.71. The van der Waals surface area contributed by atoms with Gasteiger partial charge in [0.1, 0.15) is 0 Å². The number of hydrogen-bond acceptors (Lipinski definition) is 4. The fourth-order valence-electron chi connectivity index (χ4n) is 5.39. The first-order chi connectivity index (χ1) is 15.8. The highest BCUT2D eigenvalue weighted by Crippen LogP contribution is 2.71. The van der Waals surface area contributed by atoms with E-state index in [2.05, 4.69) is 10.5 Å². The molecule has 0 aromatic heterocycles. The molecule has 2 aromatic rings. The Labute approximate surface area is 196 Å². The molecular weight excluding hydrogens is 445 g/mol. The molecule has 2 fully saturated rings. The molecule has 5 nitrogen and oxygen atoms in total. The monoisotopic (exact) mass is 472 g/mol. The number of benzene rings is 2. The van der Waals surface area contributed by atoms with Gasteiger partial charge >= 0.3 is 12.1 Å². The van der Waals surface area contributed by atoms with Crippen molar-refractivity contribution in [1.29, 1.82) is 0 Å². The number of rotatable bonds is 4. The SMILES string of the molecule is Cc1ccc(C(=O)ON=C2CC3(C(=O)Nc4cccc(C(F)(F)F)c4)CCC2(C)C3(C)C)cc1. The number of fused-ring (bicyclic) bond motifs is 2. The zero-order chi connectivity index (χ0) is 24.9. The average molecular weight is 473 g/mol. The minimum atomic E-state index is -4.50. The van der Waals surface area contributed by atoms with Gasteiger partial charge in [0.2, 0.25) is 5.91 Å². The van der Waals surface area contributed by atoms with Gasteiger partial charge in [0.05, 0.1) is 22.3 Å². The van der Waals surface area contributed by atoms with Crippen molar-refractivity contribution in [2.75, 3.05) is 5.32 Å². The predicted molar refractivity (Wildman–Crippen MR) is 122 cm³/mol. The number of hydrogen-bond donors (Lipinski definition) is 1.